The lowest BCUT2D eigenvalue weighted by Crippen LogP contribution is -1.93. The first kappa shape index (κ1) is 6.73. The second-order valence-electron chi connectivity index (χ2n) is 2.39. The first-order valence-electron chi connectivity index (χ1n) is 3.26. The Morgan fingerprint density at radius 1 is 1.45 bits per heavy atom. The zero-order chi connectivity index (χ0) is 7.84. The van der Waals surface area contributed by atoms with E-state index in [0.717, 1.165) is 4.90 Å². The van der Waals surface area contributed by atoms with Crippen molar-refractivity contribution >= 4 is 17.5 Å². The topological polar surface area (TPSA) is 37.3 Å². The van der Waals surface area contributed by atoms with Crippen LogP contribution in [-0.2, 0) is 0 Å². The summed E-state index contributed by atoms with van der Waals surface area (Å²) in [6, 6.07) is 4.91. The van der Waals surface area contributed by atoms with E-state index in [1.165, 1.54) is 17.8 Å². The van der Waals surface area contributed by atoms with Gasteiger partial charge in [0.25, 0.3) is 0 Å². The highest BCUT2D eigenvalue weighted by molar-refractivity contribution is 8.00. The number of carbonyl (C=O) groups is 1. The van der Waals surface area contributed by atoms with Gasteiger partial charge in [-0.3, -0.25) is 4.79 Å². The summed E-state index contributed by atoms with van der Waals surface area (Å²) in [5, 5.41) is 9.05. The minimum Gasteiger partial charge on any atom is -0.508 e. The Morgan fingerprint density at radius 2 is 2.27 bits per heavy atom. The quantitative estimate of drug-likeness (QED) is 0.637. The Morgan fingerprint density at radius 3 is 3.09 bits per heavy atom. The van der Waals surface area contributed by atoms with Crippen LogP contribution in [-0.4, -0.2) is 16.6 Å². The predicted octanol–water partition coefficient (Wildman–Crippen LogP) is 1.68. The van der Waals surface area contributed by atoms with Crippen molar-refractivity contribution in [2.24, 2.45) is 0 Å². The Bertz CT molecular complexity index is 320. The van der Waals surface area contributed by atoms with Crippen molar-refractivity contribution in [1.29, 1.82) is 0 Å². The van der Waals surface area contributed by atoms with Crippen molar-refractivity contribution in [3.8, 4) is 5.75 Å². The molecule has 11 heavy (non-hydrogen) atoms. The van der Waals surface area contributed by atoms with Crippen molar-refractivity contribution < 1.29 is 9.90 Å². The number of aromatic hydroxyl groups is 1. The standard InChI is InChI=1S/C8H6O2S/c9-5-1-2-8-6(3-5)7(10)4-11-8/h1-3,9H,4H2. The number of fused-ring (bicyclic) bond motifs is 1. The van der Waals surface area contributed by atoms with E-state index in [-0.39, 0.29) is 11.5 Å². The van der Waals surface area contributed by atoms with Crippen LogP contribution >= 0.6 is 11.8 Å². The Hall–Kier alpha value is -0.960. The van der Waals surface area contributed by atoms with Gasteiger partial charge in [-0.2, -0.15) is 0 Å². The van der Waals surface area contributed by atoms with Gasteiger partial charge in [-0.25, -0.2) is 0 Å². The summed E-state index contributed by atoms with van der Waals surface area (Å²) in [5.74, 6) is 0.791. The molecule has 1 aromatic rings. The van der Waals surface area contributed by atoms with Crippen LogP contribution < -0.4 is 0 Å². The van der Waals surface area contributed by atoms with Crippen molar-refractivity contribution in [3.05, 3.63) is 23.8 Å². The summed E-state index contributed by atoms with van der Waals surface area (Å²) < 4.78 is 0. The monoisotopic (exact) mass is 166 g/mol. The molecule has 1 aliphatic heterocycles. The maximum atomic E-state index is 11.1. The highest BCUT2D eigenvalue weighted by Gasteiger charge is 2.19. The molecule has 1 aromatic carbocycles. The fourth-order valence-electron chi connectivity index (χ4n) is 1.08. The first-order chi connectivity index (χ1) is 5.27. The molecule has 0 spiro atoms. The number of phenols is 1. The van der Waals surface area contributed by atoms with Crippen molar-refractivity contribution in [2.75, 3.05) is 5.75 Å². The minimum absolute atomic E-state index is 0.112. The summed E-state index contributed by atoms with van der Waals surface area (Å²) in [4.78, 5) is 12.1. The maximum Gasteiger partial charge on any atom is 0.174 e. The highest BCUT2D eigenvalue weighted by Crippen LogP contribution is 2.32. The van der Waals surface area contributed by atoms with Crippen LogP contribution in [0, 0.1) is 0 Å². The number of phenolic OH excluding ortho intramolecular Hbond substituents is 1. The summed E-state index contributed by atoms with van der Waals surface area (Å²) in [6.07, 6.45) is 0. The van der Waals surface area contributed by atoms with E-state index >= 15 is 0 Å². The molecule has 0 bridgehead atoms. The van der Waals surface area contributed by atoms with Gasteiger partial charge in [0, 0.05) is 10.5 Å². The molecular formula is C8H6O2S. The molecule has 56 valence electrons. The fraction of sp³-hybridized carbons (Fsp3) is 0.125. The second kappa shape index (κ2) is 2.27. The number of carbonyl (C=O) groups excluding carboxylic acids is 1. The molecule has 0 saturated heterocycles. The van der Waals surface area contributed by atoms with Crippen LogP contribution in [0.5, 0.6) is 5.75 Å². The van der Waals surface area contributed by atoms with Crippen molar-refractivity contribution in [2.45, 2.75) is 4.90 Å². The molecule has 0 unspecified atom stereocenters. The predicted molar refractivity (Wildman–Crippen MR) is 43.2 cm³/mol. The lowest BCUT2D eigenvalue weighted by Gasteiger charge is -1.95. The molecule has 2 nitrogen and oxygen atoms in total. The lowest BCUT2D eigenvalue weighted by molar-refractivity contribution is 0.102. The van der Waals surface area contributed by atoms with Gasteiger partial charge in [-0.15, -0.1) is 11.8 Å². The molecule has 0 aromatic heterocycles. The number of benzene rings is 1. The van der Waals surface area contributed by atoms with E-state index in [1.807, 2.05) is 0 Å². The van der Waals surface area contributed by atoms with Gasteiger partial charge in [0.2, 0.25) is 0 Å². The van der Waals surface area contributed by atoms with Crippen molar-refractivity contribution in [3.63, 3.8) is 0 Å². The molecule has 2 rings (SSSR count). The van der Waals surface area contributed by atoms with Gasteiger partial charge in [-0.1, -0.05) is 0 Å². The smallest absolute Gasteiger partial charge is 0.174 e. The number of rotatable bonds is 0. The van der Waals surface area contributed by atoms with E-state index in [2.05, 4.69) is 0 Å². The number of hydrogen-bond acceptors (Lipinski definition) is 3. The molecule has 0 radical (unpaired) electrons. The summed E-state index contributed by atoms with van der Waals surface area (Å²) in [7, 11) is 0. The molecule has 0 aliphatic carbocycles. The van der Waals surface area contributed by atoms with Crippen LogP contribution in [0.15, 0.2) is 23.1 Å². The number of Topliss-reactive ketones (excluding diaryl/α,β-unsaturated/α-hetero) is 1. The third kappa shape index (κ3) is 1.01. The van der Waals surface area contributed by atoms with Gasteiger partial charge < -0.3 is 5.11 Å². The molecule has 0 fully saturated rings. The number of ketones is 1. The molecule has 1 heterocycles. The molecule has 1 aliphatic rings. The minimum atomic E-state index is 0.112. The molecule has 3 heteroatoms. The second-order valence-corrected chi connectivity index (χ2v) is 3.41. The molecule has 1 N–H and O–H groups in total. The van der Waals surface area contributed by atoms with E-state index in [1.54, 1.807) is 12.1 Å². The molecule has 0 saturated carbocycles. The third-order valence-electron chi connectivity index (χ3n) is 1.62. The Labute approximate surface area is 68.2 Å². The van der Waals surface area contributed by atoms with Crippen molar-refractivity contribution in [1.82, 2.24) is 0 Å². The zero-order valence-electron chi connectivity index (χ0n) is 5.70. The van der Waals surface area contributed by atoms with Crippen LogP contribution in [0.4, 0.5) is 0 Å². The Kier molecular flexibility index (Phi) is 1.39. The molecule has 0 amide bonds. The van der Waals surface area contributed by atoms with E-state index < -0.39 is 0 Å². The average molecular weight is 166 g/mol. The van der Waals surface area contributed by atoms with Crippen LogP contribution in [0.3, 0.4) is 0 Å². The molecular weight excluding hydrogens is 160 g/mol. The SMILES string of the molecule is O=C1CSc2ccc(O)cc21. The fourth-order valence-corrected chi connectivity index (χ4v) is 2.02. The highest BCUT2D eigenvalue weighted by atomic mass is 32.2. The summed E-state index contributed by atoms with van der Waals surface area (Å²) >= 11 is 1.52. The number of thioether (sulfide) groups is 1. The number of hydrogen-bond donors (Lipinski definition) is 1. The van der Waals surface area contributed by atoms with Crippen LogP contribution in [0.25, 0.3) is 0 Å². The van der Waals surface area contributed by atoms with E-state index in [0.29, 0.717) is 11.3 Å². The zero-order valence-corrected chi connectivity index (χ0v) is 6.52. The summed E-state index contributed by atoms with van der Waals surface area (Å²) in [6.45, 7) is 0. The van der Waals surface area contributed by atoms with Gasteiger partial charge in [0.15, 0.2) is 5.78 Å². The lowest BCUT2D eigenvalue weighted by atomic mass is 10.1. The third-order valence-corrected chi connectivity index (χ3v) is 2.70. The van der Waals surface area contributed by atoms with Crippen LogP contribution in [0.1, 0.15) is 10.4 Å². The maximum absolute atomic E-state index is 11.1. The van der Waals surface area contributed by atoms with Gasteiger partial charge in [0.1, 0.15) is 5.75 Å². The van der Waals surface area contributed by atoms with E-state index in [4.69, 9.17) is 5.11 Å². The average Bonchev–Trinajstić information content (AvgIpc) is 2.33. The Balaban J connectivity index is 2.60. The van der Waals surface area contributed by atoms with Crippen LogP contribution in [0.2, 0.25) is 0 Å². The molecule has 0 atom stereocenters. The van der Waals surface area contributed by atoms with Gasteiger partial charge >= 0.3 is 0 Å². The first-order valence-corrected chi connectivity index (χ1v) is 4.25. The summed E-state index contributed by atoms with van der Waals surface area (Å²) in [5.41, 5.74) is 0.662. The van der Waals surface area contributed by atoms with E-state index in [9.17, 15) is 4.79 Å². The van der Waals surface area contributed by atoms with Gasteiger partial charge in [0.05, 0.1) is 5.75 Å². The normalized spacial score (nSPS) is 15.1. The largest absolute Gasteiger partial charge is 0.508 e. The van der Waals surface area contributed by atoms with Gasteiger partial charge in [-0.05, 0) is 18.2 Å².